The Morgan fingerprint density at radius 2 is 1.79 bits per heavy atom. The Bertz CT molecular complexity index is 841. The molecule has 24 heavy (non-hydrogen) atoms. The van der Waals surface area contributed by atoms with Crippen molar-refractivity contribution in [2.45, 2.75) is 38.5 Å². The third-order valence-electron chi connectivity index (χ3n) is 5.47. The van der Waals surface area contributed by atoms with Gasteiger partial charge in [0, 0.05) is 41.5 Å². The molecule has 4 rings (SSSR count). The highest BCUT2D eigenvalue weighted by atomic mass is 15.1. The quantitative estimate of drug-likeness (QED) is 0.694. The summed E-state index contributed by atoms with van der Waals surface area (Å²) in [5.74, 6) is 0.595. The molecule has 1 saturated heterocycles. The summed E-state index contributed by atoms with van der Waals surface area (Å²) in [5.41, 5.74) is 2.46. The monoisotopic (exact) mass is 321 g/mol. The van der Waals surface area contributed by atoms with E-state index in [1.807, 2.05) is 0 Å². The molecule has 0 saturated carbocycles. The SMILES string of the molecule is CCCCN1CCC(c2nc3ccccc3c3cn(C)cc23)CC1. The first-order valence-electron chi connectivity index (χ1n) is 9.33. The lowest BCUT2D eigenvalue weighted by molar-refractivity contribution is 0.209. The second-order valence-electron chi connectivity index (χ2n) is 7.23. The van der Waals surface area contributed by atoms with Gasteiger partial charge in [-0.05, 0) is 45.0 Å². The van der Waals surface area contributed by atoms with Crippen LogP contribution in [0.5, 0.6) is 0 Å². The van der Waals surface area contributed by atoms with Crippen molar-refractivity contribution in [3.05, 3.63) is 42.4 Å². The zero-order chi connectivity index (χ0) is 16.5. The number of benzene rings is 1. The van der Waals surface area contributed by atoms with Gasteiger partial charge in [0.2, 0.25) is 0 Å². The molecule has 126 valence electrons. The fraction of sp³-hybridized carbons (Fsp3) is 0.476. The maximum atomic E-state index is 5.10. The molecule has 0 amide bonds. The number of aromatic nitrogens is 2. The van der Waals surface area contributed by atoms with Crippen LogP contribution in [0.15, 0.2) is 36.7 Å². The number of rotatable bonds is 4. The van der Waals surface area contributed by atoms with E-state index in [-0.39, 0.29) is 0 Å². The Kier molecular flexibility index (Phi) is 4.28. The standard InChI is InChI=1S/C21H27N3/c1-3-4-11-24-12-9-16(10-13-24)21-19-15-23(2)14-18(19)17-7-5-6-8-20(17)22-21/h5-8,14-16H,3-4,9-13H2,1-2H3. The van der Waals surface area contributed by atoms with Gasteiger partial charge < -0.3 is 9.47 Å². The fourth-order valence-corrected chi connectivity index (χ4v) is 4.11. The molecule has 0 atom stereocenters. The summed E-state index contributed by atoms with van der Waals surface area (Å²) in [7, 11) is 2.12. The second kappa shape index (κ2) is 6.56. The Balaban J connectivity index is 1.68. The summed E-state index contributed by atoms with van der Waals surface area (Å²) < 4.78 is 2.18. The number of unbranched alkanes of at least 4 members (excludes halogenated alkanes) is 1. The first-order valence-corrected chi connectivity index (χ1v) is 9.33. The number of para-hydroxylation sites is 1. The van der Waals surface area contributed by atoms with Gasteiger partial charge in [0.15, 0.2) is 0 Å². The van der Waals surface area contributed by atoms with Crippen molar-refractivity contribution in [3.63, 3.8) is 0 Å². The summed E-state index contributed by atoms with van der Waals surface area (Å²) in [6, 6.07) is 8.56. The number of piperidine rings is 1. The van der Waals surface area contributed by atoms with Crippen LogP contribution in [0.4, 0.5) is 0 Å². The smallest absolute Gasteiger partial charge is 0.0712 e. The van der Waals surface area contributed by atoms with Gasteiger partial charge in [-0.1, -0.05) is 31.5 Å². The van der Waals surface area contributed by atoms with Gasteiger partial charge in [0.25, 0.3) is 0 Å². The first-order chi connectivity index (χ1) is 11.8. The first kappa shape index (κ1) is 15.6. The van der Waals surface area contributed by atoms with Crippen molar-refractivity contribution in [1.82, 2.24) is 14.5 Å². The maximum Gasteiger partial charge on any atom is 0.0712 e. The highest BCUT2D eigenvalue weighted by Crippen LogP contribution is 2.35. The minimum absolute atomic E-state index is 0.595. The van der Waals surface area contributed by atoms with Crippen molar-refractivity contribution < 1.29 is 0 Å². The largest absolute Gasteiger partial charge is 0.356 e. The molecule has 1 aliphatic rings. The van der Waals surface area contributed by atoms with Crippen molar-refractivity contribution in [1.29, 1.82) is 0 Å². The maximum absolute atomic E-state index is 5.10. The van der Waals surface area contributed by atoms with Crippen molar-refractivity contribution in [3.8, 4) is 0 Å². The molecular formula is C21H27N3. The molecule has 1 aromatic carbocycles. The fourth-order valence-electron chi connectivity index (χ4n) is 4.11. The molecule has 0 bridgehead atoms. The van der Waals surface area contributed by atoms with Crippen LogP contribution in [0, 0.1) is 0 Å². The minimum Gasteiger partial charge on any atom is -0.356 e. The van der Waals surface area contributed by atoms with Gasteiger partial charge in [-0.15, -0.1) is 0 Å². The molecule has 3 nitrogen and oxygen atoms in total. The zero-order valence-corrected chi connectivity index (χ0v) is 14.8. The molecule has 2 aromatic heterocycles. The lowest BCUT2D eigenvalue weighted by Gasteiger charge is -2.32. The lowest BCUT2D eigenvalue weighted by atomic mass is 9.90. The van der Waals surface area contributed by atoms with Crippen LogP contribution >= 0.6 is 0 Å². The van der Waals surface area contributed by atoms with E-state index in [9.17, 15) is 0 Å². The van der Waals surface area contributed by atoms with Crippen LogP contribution in [0.1, 0.15) is 44.2 Å². The number of pyridine rings is 1. The van der Waals surface area contributed by atoms with E-state index < -0.39 is 0 Å². The van der Waals surface area contributed by atoms with E-state index >= 15 is 0 Å². The number of likely N-dealkylation sites (tertiary alicyclic amines) is 1. The van der Waals surface area contributed by atoms with Gasteiger partial charge in [-0.2, -0.15) is 0 Å². The zero-order valence-electron chi connectivity index (χ0n) is 14.8. The molecule has 0 aliphatic carbocycles. The van der Waals surface area contributed by atoms with Crippen LogP contribution in [-0.4, -0.2) is 34.1 Å². The average Bonchev–Trinajstić information content (AvgIpc) is 3.01. The summed E-state index contributed by atoms with van der Waals surface area (Å²) in [6.45, 7) is 5.97. The highest BCUT2D eigenvalue weighted by molar-refractivity contribution is 6.06. The molecule has 3 heteroatoms. The molecule has 0 N–H and O–H groups in total. The summed E-state index contributed by atoms with van der Waals surface area (Å²) in [5, 5.41) is 3.98. The Labute approximate surface area is 144 Å². The van der Waals surface area contributed by atoms with Crippen LogP contribution in [0.25, 0.3) is 21.7 Å². The van der Waals surface area contributed by atoms with Gasteiger partial charge in [-0.25, -0.2) is 0 Å². The number of nitrogens with zero attached hydrogens (tertiary/aromatic N) is 3. The summed E-state index contributed by atoms with van der Waals surface area (Å²) in [4.78, 5) is 7.72. The predicted molar refractivity (Wildman–Crippen MR) is 102 cm³/mol. The number of aryl methyl sites for hydroxylation is 1. The van der Waals surface area contributed by atoms with Crippen molar-refractivity contribution in [2.75, 3.05) is 19.6 Å². The normalized spacial score (nSPS) is 17.1. The molecule has 1 aliphatic heterocycles. The average molecular weight is 321 g/mol. The van der Waals surface area contributed by atoms with Crippen LogP contribution in [-0.2, 0) is 7.05 Å². The Morgan fingerprint density at radius 1 is 1.04 bits per heavy atom. The molecule has 0 spiro atoms. The van der Waals surface area contributed by atoms with Crippen LogP contribution in [0.2, 0.25) is 0 Å². The number of fused-ring (bicyclic) bond motifs is 3. The highest BCUT2D eigenvalue weighted by Gasteiger charge is 2.24. The van der Waals surface area contributed by atoms with Crippen molar-refractivity contribution in [2.24, 2.45) is 7.05 Å². The van der Waals surface area contributed by atoms with E-state index in [4.69, 9.17) is 4.98 Å². The van der Waals surface area contributed by atoms with Gasteiger partial charge in [-0.3, -0.25) is 4.98 Å². The molecule has 1 fully saturated rings. The van der Waals surface area contributed by atoms with Gasteiger partial charge in [0.05, 0.1) is 11.2 Å². The topological polar surface area (TPSA) is 21.1 Å². The summed E-state index contributed by atoms with van der Waals surface area (Å²) >= 11 is 0. The van der Waals surface area contributed by atoms with E-state index in [2.05, 4.69) is 60.1 Å². The minimum atomic E-state index is 0.595. The molecular weight excluding hydrogens is 294 g/mol. The van der Waals surface area contributed by atoms with E-state index in [1.165, 1.54) is 67.2 Å². The number of hydrogen-bond donors (Lipinski definition) is 0. The van der Waals surface area contributed by atoms with Crippen molar-refractivity contribution >= 4 is 21.7 Å². The van der Waals surface area contributed by atoms with E-state index in [0.717, 1.165) is 5.52 Å². The Morgan fingerprint density at radius 3 is 2.58 bits per heavy atom. The third-order valence-corrected chi connectivity index (χ3v) is 5.47. The summed E-state index contributed by atoms with van der Waals surface area (Å²) in [6.07, 6.45) is 9.59. The van der Waals surface area contributed by atoms with E-state index in [0.29, 0.717) is 5.92 Å². The molecule has 0 unspecified atom stereocenters. The third kappa shape index (κ3) is 2.82. The Hall–Kier alpha value is -1.87. The van der Waals surface area contributed by atoms with Gasteiger partial charge in [0.1, 0.15) is 0 Å². The molecule has 3 aromatic rings. The molecule has 3 heterocycles. The second-order valence-corrected chi connectivity index (χ2v) is 7.23. The van der Waals surface area contributed by atoms with Gasteiger partial charge >= 0.3 is 0 Å². The van der Waals surface area contributed by atoms with Crippen LogP contribution in [0.3, 0.4) is 0 Å². The predicted octanol–water partition coefficient (Wildman–Crippen LogP) is 4.71. The van der Waals surface area contributed by atoms with Crippen LogP contribution < -0.4 is 0 Å². The van der Waals surface area contributed by atoms with E-state index in [1.54, 1.807) is 0 Å². The lowest BCUT2D eigenvalue weighted by Crippen LogP contribution is -2.33. The number of hydrogen-bond acceptors (Lipinski definition) is 2. The molecule has 0 radical (unpaired) electrons.